The van der Waals surface area contributed by atoms with E-state index in [1.807, 2.05) is 6.92 Å². The van der Waals surface area contributed by atoms with Gasteiger partial charge in [0.1, 0.15) is 0 Å². The predicted molar refractivity (Wildman–Crippen MR) is 73.5 cm³/mol. The number of piperidine rings is 1. The van der Waals surface area contributed by atoms with Crippen LogP contribution in [-0.2, 0) is 14.8 Å². The molecule has 1 aliphatic heterocycles. The number of likely N-dealkylation sites (N-methyl/N-ethyl adjacent to an activating group) is 1. The quantitative estimate of drug-likeness (QED) is 0.686. The van der Waals surface area contributed by atoms with Crippen LogP contribution in [0.5, 0.6) is 0 Å². The van der Waals surface area contributed by atoms with E-state index in [-0.39, 0.29) is 24.6 Å². The van der Waals surface area contributed by atoms with Gasteiger partial charge in [-0.25, -0.2) is 12.7 Å². The molecule has 1 atom stereocenters. The second-order valence-corrected chi connectivity index (χ2v) is 7.00. The van der Waals surface area contributed by atoms with Gasteiger partial charge in [-0.3, -0.25) is 4.79 Å². The molecule has 0 radical (unpaired) electrons. The Bertz CT molecular complexity index is 377. The van der Waals surface area contributed by atoms with Crippen molar-refractivity contribution in [3.8, 4) is 0 Å². The lowest BCUT2D eigenvalue weighted by Crippen LogP contribution is -2.46. The van der Waals surface area contributed by atoms with Crippen LogP contribution < -0.4 is 5.32 Å². The zero-order chi connectivity index (χ0) is 14.3. The number of carbonyl (C=O) groups is 1. The van der Waals surface area contributed by atoms with Crippen molar-refractivity contribution in [3.63, 3.8) is 0 Å². The van der Waals surface area contributed by atoms with Crippen molar-refractivity contribution in [2.45, 2.75) is 45.1 Å². The summed E-state index contributed by atoms with van der Waals surface area (Å²) in [5.41, 5.74) is 0. The van der Waals surface area contributed by atoms with Crippen molar-refractivity contribution < 1.29 is 18.3 Å². The molecule has 1 aliphatic rings. The first kappa shape index (κ1) is 16.4. The average molecular weight is 292 g/mol. The minimum absolute atomic E-state index is 0.0835. The second kappa shape index (κ2) is 7.81. The molecular weight excluding hydrogens is 268 g/mol. The highest BCUT2D eigenvalue weighted by molar-refractivity contribution is 7.89. The molecule has 0 saturated carbocycles. The lowest BCUT2D eigenvalue weighted by molar-refractivity contribution is -0.137. The van der Waals surface area contributed by atoms with Gasteiger partial charge in [0, 0.05) is 25.6 Å². The molecule has 0 aromatic rings. The van der Waals surface area contributed by atoms with E-state index >= 15 is 0 Å². The van der Waals surface area contributed by atoms with Crippen LogP contribution in [0.2, 0.25) is 0 Å². The normalized spacial score (nSPS) is 20.6. The highest BCUT2D eigenvalue weighted by Crippen LogP contribution is 2.12. The van der Waals surface area contributed by atoms with Gasteiger partial charge >= 0.3 is 5.97 Å². The van der Waals surface area contributed by atoms with Crippen molar-refractivity contribution in [3.05, 3.63) is 0 Å². The molecule has 7 heteroatoms. The van der Waals surface area contributed by atoms with Crippen LogP contribution in [0.4, 0.5) is 0 Å². The van der Waals surface area contributed by atoms with Crippen LogP contribution in [-0.4, -0.2) is 55.2 Å². The second-order valence-electron chi connectivity index (χ2n) is 4.91. The first-order valence-electron chi connectivity index (χ1n) is 6.88. The Labute approximate surface area is 115 Å². The van der Waals surface area contributed by atoms with Crippen LogP contribution in [0, 0.1) is 0 Å². The Morgan fingerprint density at radius 1 is 1.42 bits per heavy atom. The minimum atomic E-state index is -3.34. The monoisotopic (exact) mass is 292 g/mol. The number of hydrogen-bond donors (Lipinski definition) is 2. The molecule has 1 unspecified atom stereocenters. The molecule has 1 saturated heterocycles. The highest BCUT2D eigenvalue weighted by atomic mass is 32.2. The fourth-order valence-corrected chi connectivity index (χ4v) is 3.87. The van der Waals surface area contributed by atoms with Crippen LogP contribution >= 0.6 is 0 Å². The summed E-state index contributed by atoms with van der Waals surface area (Å²) in [5.74, 6) is -1.04. The van der Waals surface area contributed by atoms with Crippen molar-refractivity contribution in [2.24, 2.45) is 0 Å². The molecule has 0 bridgehead atoms. The summed E-state index contributed by atoms with van der Waals surface area (Å²) in [7, 11) is -3.34. The molecule has 112 valence electrons. The van der Waals surface area contributed by atoms with E-state index in [0.717, 1.165) is 25.8 Å². The third-order valence-corrected chi connectivity index (χ3v) is 5.37. The number of nitrogens with zero attached hydrogens (tertiary/aromatic N) is 1. The van der Waals surface area contributed by atoms with Crippen molar-refractivity contribution in [2.75, 3.05) is 25.4 Å². The number of aliphatic carboxylic acids is 1. The Morgan fingerprint density at radius 2 is 2.16 bits per heavy atom. The van der Waals surface area contributed by atoms with Gasteiger partial charge in [-0.1, -0.05) is 13.3 Å². The molecule has 19 heavy (non-hydrogen) atoms. The molecular formula is C12H24N2O4S. The maximum absolute atomic E-state index is 12.1. The van der Waals surface area contributed by atoms with Crippen molar-refractivity contribution in [1.29, 1.82) is 0 Å². The fourth-order valence-electron chi connectivity index (χ4n) is 2.30. The van der Waals surface area contributed by atoms with E-state index in [2.05, 4.69) is 5.32 Å². The molecule has 0 amide bonds. The summed E-state index contributed by atoms with van der Waals surface area (Å²) < 4.78 is 25.7. The lowest BCUT2D eigenvalue weighted by Gasteiger charge is -2.29. The zero-order valence-electron chi connectivity index (χ0n) is 11.5. The summed E-state index contributed by atoms with van der Waals surface area (Å²) in [6, 6.07) is 0.225. The molecule has 0 spiro atoms. The number of carboxylic acids is 1. The topological polar surface area (TPSA) is 86.7 Å². The van der Waals surface area contributed by atoms with E-state index in [0.29, 0.717) is 13.1 Å². The molecule has 1 heterocycles. The summed E-state index contributed by atoms with van der Waals surface area (Å²) >= 11 is 0. The van der Waals surface area contributed by atoms with Crippen molar-refractivity contribution in [1.82, 2.24) is 9.62 Å². The largest absolute Gasteiger partial charge is 0.481 e. The standard InChI is InChI=1S/C12H24N2O4S/c1-2-14(10-11-6-3-4-8-13-11)19(17,18)9-5-7-12(15)16/h11,13H,2-10H2,1H3,(H,15,16). The Kier molecular flexibility index (Phi) is 6.74. The van der Waals surface area contributed by atoms with Gasteiger partial charge in [-0.15, -0.1) is 0 Å². The molecule has 2 N–H and O–H groups in total. The molecule has 6 nitrogen and oxygen atoms in total. The lowest BCUT2D eigenvalue weighted by atomic mass is 10.1. The molecule has 0 aromatic carbocycles. The summed E-state index contributed by atoms with van der Waals surface area (Å²) in [6.07, 6.45) is 3.36. The number of hydrogen-bond acceptors (Lipinski definition) is 4. The van der Waals surface area contributed by atoms with Crippen LogP contribution in [0.25, 0.3) is 0 Å². The maximum atomic E-state index is 12.1. The smallest absolute Gasteiger partial charge is 0.303 e. The number of carboxylic acid groups (broad SMARTS) is 1. The van der Waals surface area contributed by atoms with Crippen LogP contribution in [0.3, 0.4) is 0 Å². The van der Waals surface area contributed by atoms with Gasteiger partial charge in [0.2, 0.25) is 10.0 Å². The van der Waals surface area contributed by atoms with Crippen LogP contribution in [0.15, 0.2) is 0 Å². The van der Waals surface area contributed by atoms with Gasteiger partial charge in [0.05, 0.1) is 5.75 Å². The van der Waals surface area contributed by atoms with E-state index in [1.165, 1.54) is 4.31 Å². The first-order valence-corrected chi connectivity index (χ1v) is 8.49. The Morgan fingerprint density at radius 3 is 2.68 bits per heavy atom. The Hall–Kier alpha value is -0.660. The summed E-state index contributed by atoms with van der Waals surface area (Å²) in [4.78, 5) is 10.4. The molecule has 0 aliphatic carbocycles. The van der Waals surface area contributed by atoms with E-state index in [1.54, 1.807) is 0 Å². The van der Waals surface area contributed by atoms with Crippen LogP contribution in [0.1, 0.15) is 39.0 Å². The predicted octanol–water partition coefficient (Wildman–Crippen LogP) is 0.645. The number of sulfonamides is 1. The highest BCUT2D eigenvalue weighted by Gasteiger charge is 2.24. The van der Waals surface area contributed by atoms with Gasteiger partial charge in [-0.05, 0) is 25.8 Å². The number of nitrogens with one attached hydrogen (secondary N) is 1. The molecule has 1 rings (SSSR count). The SMILES string of the molecule is CCN(CC1CCCCN1)S(=O)(=O)CCCC(=O)O. The van der Waals surface area contributed by atoms with Gasteiger partial charge in [0.25, 0.3) is 0 Å². The van der Waals surface area contributed by atoms with Gasteiger partial charge < -0.3 is 10.4 Å². The Balaban J connectivity index is 2.48. The van der Waals surface area contributed by atoms with Gasteiger partial charge in [0.15, 0.2) is 0 Å². The fraction of sp³-hybridized carbons (Fsp3) is 0.917. The minimum Gasteiger partial charge on any atom is -0.481 e. The average Bonchev–Trinajstić information content (AvgIpc) is 2.36. The molecule has 0 aromatic heterocycles. The number of rotatable bonds is 8. The molecule has 1 fully saturated rings. The van der Waals surface area contributed by atoms with Crippen molar-refractivity contribution >= 4 is 16.0 Å². The maximum Gasteiger partial charge on any atom is 0.303 e. The third kappa shape index (κ3) is 5.88. The summed E-state index contributed by atoms with van der Waals surface area (Å²) in [6.45, 7) is 3.69. The third-order valence-electron chi connectivity index (χ3n) is 3.38. The van der Waals surface area contributed by atoms with E-state index < -0.39 is 16.0 Å². The van der Waals surface area contributed by atoms with E-state index in [9.17, 15) is 13.2 Å². The first-order chi connectivity index (χ1) is 8.95. The zero-order valence-corrected chi connectivity index (χ0v) is 12.3. The van der Waals surface area contributed by atoms with Gasteiger partial charge in [-0.2, -0.15) is 0 Å². The van der Waals surface area contributed by atoms with E-state index in [4.69, 9.17) is 5.11 Å². The summed E-state index contributed by atoms with van der Waals surface area (Å²) in [5, 5.41) is 11.9.